The summed E-state index contributed by atoms with van der Waals surface area (Å²) in [7, 11) is 0. The van der Waals surface area contributed by atoms with Gasteiger partial charge in [-0.3, -0.25) is 4.79 Å². The van der Waals surface area contributed by atoms with Crippen molar-refractivity contribution in [2.45, 2.75) is 23.2 Å². The van der Waals surface area contributed by atoms with Crippen molar-refractivity contribution >= 4 is 29.3 Å². The summed E-state index contributed by atoms with van der Waals surface area (Å²) < 4.78 is 37.9. The molecule has 0 bridgehead atoms. The van der Waals surface area contributed by atoms with Crippen LogP contribution in [-0.4, -0.2) is 17.7 Å². The van der Waals surface area contributed by atoms with Crippen molar-refractivity contribution in [2.24, 2.45) is 0 Å². The highest BCUT2D eigenvalue weighted by atomic mass is 35.5. The number of halogens is 4. The molecule has 0 aliphatic heterocycles. The molecule has 0 aliphatic rings. The zero-order valence-electron chi connectivity index (χ0n) is 13.7. The van der Waals surface area contributed by atoms with Gasteiger partial charge in [-0.15, -0.1) is 11.8 Å². The molecular formula is C19H15ClF3NOS. The van der Waals surface area contributed by atoms with Crippen molar-refractivity contribution in [3.63, 3.8) is 0 Å². The third-order valence-corrected chi connectivity index (χ3v) is 4.63. The smallest absolute Gasteiger partial charge is 0.344 e. The third kappa shape index (κ3) is 6.32. The summed E-state index contributed by atoms with van der Waals surface area (Å²) in [5.41, 5.74) is -0.501. The molecular weight excluding hydrogens is 383 g/mol. The lowest BCUT2D eigenvalue weighted by Crippen LogP contribution is -2.31. The fraction of sp³-hybridized carbons (Fsp3) is 0.211. The normalized spacial score (nSPS) is 12.0. The largest absolute Gasteiger partial charge is 0.416 e. The highest BCUT2D eigenvalue weighted by Gasteiger charge is 2.30. The molecule has 1 atom stereocenters. The minimum Gasteiger partial charge on any atom is -0.344 e. The SMILES string of the molecule is CC(Sc1ccc(Cl)cc1)C(=O)NCC#Cc1cccc(C(F)(F)F)c1. The lowest BCUT2D eigenvalue weighted by Gasteiger charge is -2.10. The Labute approximate surface area is 159 Å². The molecule has 1 N–H and O–H groups in total. The summed E-state index contributed by atoms with van der Waals surface area (Å²) >= 11 is 7.19. The average Bonchev–Trinajstić information content (AvgIpc) is 2.60. The van der Waals surface area contributed by atoms with Gasteiger partial charge in [0.05, 0.1) is 17.4 Å². The Morgan fingerprint density at radius 1 is 1.23 bits per heavy atom. The maximum absolute atomic E-state index is 12.6. The molecule has 0 fully saturated rings. The van der Waals surface area contributed by atoms with Crippen LogP contribution in [0.15, 0.2) is 53.4 Å². The molecule has 2 nitrogen and oxygen atoms in total. The molecule has 0 saturated heterocycles. The number of carbonyl (C=O) groups excluding carboxylic acids is 1. The second kappa shape index (κ2) is 9.02. The maximum atomic E-state index is 12.6. The minimum atomic E-state index is -4.40. The highest BCUT2D eigenvalue weighted by Crippen LogP contribution is 2.29. The van der Waals surface area contributed by atoms with Crippen LogP contribution in [0.5, 0.6) is 0 Å². The topological polar surface area (TPSA) is 29.1 Å². The van der Waals surface area contributed by atoms with Gasteiger partial charge in [0, 0.05) is 15.5 Å². The van der Waals surface area contributed by atoms with Crippen molar-refractivity contribution in [3.05, 3.63) is 64.7 Å². The number of hydrogen-bond donors (Lipinski definition) is 1. The standard InChI is InChI=1S/C19H15ClF3NOS/c1-13(26-17-9-7-16(20)8-10-17)18(25)24-11-3-5-14-4-2-6-15(12-14)19(21,22)23/h2,4,6-10,12-13H,11H2,1H3,(H,24,25). The van der Waals surface area contributed by atoms with Crippen LogP contribution in [0.3, 0.4) is 0 Å². The highest BCUT2D eigenvalue weighted by molar-refractivity contribution is 8.00. The Kier molecular flexibility index (Phi) is 7.01. The van der Waals surface area contributed by atoms with Gasteiger partial charge in [-0.2, -0.15) is 13.2 Å². The van der Waals surface area contributed by atoms with E-state index in [0.717, 1.165) is 17.0 Å². The van der Waals surface area contributed by atoms with Gasteiger partial charge in [0.2, 0.25) is 5.91 Å². The first-order chi connectivity index (χ1) is 12.3. The third-order valence-electron chi connectivity index (χ3n) is 3.27. The Hall–Kier alpha value is -2.10. The average molecular weight is 398 g/mol. The lowest BCUT2D eigenvalue weighted by molar-refractivity contribution is -0.137. The lowest BCUT2D eigenvalue weighted by atomic mass is 10.1. The minimum absolute atomic E-state index is 0.0561. The zero-order valence-corrected chi connectivity index (χ0v) is 15.3. The molecule has 136 valence electrons. The van der Waals surface area contributed by atoms with E-state index >= 15 is 0 Å². The van der Waals surface area contributed by atoms with Gasteiger partial charge in [-0.25, -0.2) is 0 Å². The molecule has 1 amide bonds. The maximum Gasteiger partial charge on any atom is 0.416 e. The number of hydrogen-bond acceptors (Lipinski definition) is 2. The molecule has 1 unspecified atom stereocenters. The molecule has 0 aromatic heterocycles. The number of thioether (sulfide) groups is 1. The van der Waals surface area contributed by atoms with Crippen LogP contribution in [0, 0.1) is 11.8 Å². The Balaban J connectivity index is 1.87. The summed E-state index contributed by atoms with van der Waals surface area (Å²) in [6.45, 7) is 1.81. The van der Waals surface area contributed by atoms with Crippen LogP contribution < -0.4 is 5.32 Å². The molecule has 0 aliphatic carbocycles. The number of benzene rings is 2. The van der Waals surface area contributed by atoms with E-state index in [-0.39, 0.29) is 23.3 Å². The van der Waals surface area contributed by atoms with Gasteiger partial charge >= 0.3 is 6.18 Å². The molecule has 2 aromatic carbocycles. The van der Waals surface area contributed by atoms with E-state index in [1.165, 1.54) is 23.9 Å². The summed E-state index contributed by atoms with van der Waals surface area (Å²) in [5.74, 6) is 5.08. The van der Waals surface area contributed by atoms with Gasteiger partial charge in [-0.1, -0.05) is 29.5 Å². The van der Waals surface area contributed by atoms with E-state index in [9.17, 15) is 18.0 Å². The molecule has 0 saturated carbocycles. The van der Waals surface area contributed by atoms with Crippen molar-refractivity contribution < 1.29 is 18.0 Å². The first-order valence-electron chi connectivity index (χ1n) is 7.62. The summed E-state index contributed by atoms with van der Waals surface area (Å²) in [4.78, 5) is 12.9. The molecule has 0 radical (unpaired) electrons. The van der Waals surface area contributed by atoms with Crippen LogP contribution in [0.25, 0.3) is 0 Å². The molecule has 2 rings (SSSR count). The van der Waals surface area contributed by atoms with E-state index in [4.69, 9.17) is 11.6 Å². The van der Waals surface area contributed by atoms with Gasteiger partial charge in [0.1, 0.15) is 0 Å². The van der Waals surface area contributed by atoms with E-state index in [0.29, 0.717) is 5.02 Å². The van der Waals surface area contributed by atoms with Crippen molar-refractivity contribution in [1.29, 1.82) is 0 Å². The molecule has 0 spiro atoms. The zero-order chi connectivity index (χ0) is 19.2. The first-order valence-corrected chi connectivity index (χ1v) is 8.87. The predicted molar refractivity (Wildman–Crippen MR) is 98.1 cm³/mol. The van der Waals surface area contributed by atoms with Gasteiger partial charge < -0.3 is 5.32 Å². The Morgan fingerprint density at radius 2 is 1.92 bits per heavy atom. The van der Waals surface area contributed by atoms with E-state index in [1.54, 1.807) is 19.1 Å². The second-order valence-electron chi connectivity index (χ2n) is 5.31. The monoisotopic (exact) mass is 397 g/mol. The fourth-order valence-corrected chi connectivity index (χ4v) is 2.98. The molecule has 7 heteroatoms. The molecule has 26 heavy (non-hydrogen) atoms. The van der Waals surface area contributed by atoms with Crippen LogP contribution in [-0.2, 0) is 11.0 Å². The summed E-state index contributed by atoms with van der Waals surface area (Å²) in [5, 5.41) is 2.93. The fourth-order valence-electron chi connectivity index (χ4n) is 1.97. The molecule has 0 heterocycles. The second-order valence-corrected chi connectivity index (χ2v) is 7.16. The first kappa shape index (κ1) is 20.2. The number of amides is 1. The van der Waals surface area contributed by atoms with E-state index in [1.807, 2.05) is 12.1 Å². The number of alkyl halides is 3. The number of rotatable bonds is 4. The number of carbonyl (C=O) groups is 1. The van der Waals surface area contributed by atoms with Crippen LogP contribution in [0.4, 0.5) is 13.2 Å². The van der Waals surface area contributed by atoms with E-state index < -0.39 is 11.7 Å². The Morgan fingerprint density at radius 3 is 2.58 bits per heavy atom. The van der Waals surface area contributed by atoms with E-state index in [2.05, 4.69) is 17.2 Å². The van der Waals surface area contributed by atoms with Crippen molar-refractivity contribution in [1.82, 2.24) is 5.32 Å². The quantitative estimate of drug-likeness (QED) is 0.580. The Bertz CT molecular complexity index is 825. The van der Waals surface area contributed by atoms with Crippen LogP contribution in [0.1, 0.15) is 18.1 Å². The summed E-state index contributed by atoms with van der Waals surface area (Å²) in [6.07, 6.45) is -4.40. The van der Waals surface area contributed by atoms with Crippen LogP contribution >= 0.6 is 23.4 Å². The summed E-state index contributed by atoms with van der Waals surface area (Å²) in [6, 6.07) is 11.9. The van der Waals surface area contributed by atoms with Crippen molar-refractivity contribution in [2.75, 3.05) is 6.54 Å². The van der Waals surface area contributed by atoms with Gasteiger partial charge in [0.15, 0.2) is 0 Å². The van der Waals surface area contributed by atoms with Crippen molar-refractivity contribution in [3.8, 4) is 11.8 Å². The van der Waals surface area contributed by atoms with Gasteiger partial charge in [0.25, 0.3) is 0 Å². The predicted octanol–water partition coefficient (Wildman–Crippen LogP) is 5.01. The van der Waals surface area contributed by atoms with Gasteiger partial charge in [-0.05, 0) is 49.4 Å². The molecule has 2 aromatic rings. The van der Waals surface area contributed by atoms with Crippen LogP contribution in [0.2, 0.25) is 5.02 Å². The number of nitrogens with one attached hydrogen (secondary N) is 1.